The minimum Gasteiger partial charge on any atom is -0.383 e. The van der Waals surface area contributed by atoms with E-state index < -0.39 is 23.3 Å². The van der Waals surface area contributed by atoms with Crippen LogP contribution in [-0.2, 0) is 5.60 Å². The molecule has 0 radical (unpaired) electrons. The summed E-state index contributed by atoms with van der Waals surface area (Å²) in [6.07, 6.45) is 3.88. The van der Waals surface area contributed by atoms with Gasteiger partial charge in [-0.05, 0) is 55.7 Å². The number of hydrogen-bond acceptors (Lipinski definition) is 5. The van der Waals surface area contributed by atoms with Gasteiger partial charge in [-0.15, -0.1) is 0 Å². The van der Waals surface area contributed by atoms with Crippen molar-refractivity contribution >= 4 is 23.0 Å². The van der Waals surface area contributed by atoms with Crippen LogP contribution in [0.3, 0.4) is 0 Å². The van der Waals surface area contributed by atoms with Crippen LogP contribution in [0.5, 0.6) is 0 Å². The number of aliphatic hydroxyl groups is 1. The van der Waals surface area contributed by atoms with Crippen LogP contribution < -0.4 is 10.6 Å². The lowest BCUT2D eigenvalue weighted by Crippen LogP contribution is -2.28. The molecule has 0 saturated heterocycles. The number of anilines is 1. The molecule has 0 unspecified atom stereocenters. The van der Waals surface area contributed by atoms with Gasteiger partial charge < -0.3 is 15.4 Å². The fraction of sp³-hybridized carbons (Fsp3) is 0.217. The Morgan fingerprint density at radius 3 is 2.70 bits per heavy atom. The second-order valence-corrected chi connectivity index (χ2v) is 7.91. The molecule has 4 aromatic rings. The van der Waals surface area contributed by atoms with E-state index in [4.69, 9.17) is 0 Å². The Kier molecular flexibility index (Phi) is 5.01. The maximum atomic E-state index is 14.7. The van der Waals surface area contributed by atoms with E-state index in [-0.39, 0.29) is 17.3 Å². The number of imidazole rings is 1. The highest BCUT2D eigenvalue weighted by Crippen LogP contribution is 2.45. The zero-order chi connectivity index (χ0) is 23.2. The number of pyridine rings is 2. The molecular weight excluding hydrogens is 430 g/mol. The first-order valence-electron chi connectivity index (χ1n) is 10.5. The van der Waals surface area contributed by atoms with E-state index >= 15 is 0 Å². The summed E-state index contributed by atoms with van der Waals surface area (Å²) in [4.78, 5) is 27.6. The first kappa shape index (κ1) is 21.0. The second kappa shape index (κ2) is 7.89. The van der Waals surface area contributed by atoms with Gasteiger partial charge in [-0.2, -0.15) is 0 Å². The molecule has 10 heteroatoms. The van der Waals surface area contributed by atoms with E-state index in [0.717, 1.165) is 0 Å². The summed E-state index contributed by atoms with van der Waals surface area (Å²) >= 11 is 0. The summed E-state index contributed by atoms with van der Waals surface area (Å²) in [6, 6.07) is 6.96. The molecule has 1 aromatic carbocycles. The van der Waals surface area contributed by atoms with E-state index in [9.17, 15) is 18.7 Å². The molecule has 0 aliphatic heterocycles. The number of aromatic nitrogens is 4. The number of rotatable bonds is 5. The topological polar surface area (TPSA) is 116 Å². The average Bonchev–Trinajstić information content (AvgIpc) is 3.39. The zero-order valence-corrected chi connectivity index (χ0v) is 17.6. The first-order valence-corrected chi connectivity index (χ1v) is 10.5. The number of halogens is 2. The number of urea groups is 1. The van der Waals surface area contributed by atoms with Crippen LogP contribution in [0.2, 0.25) is 0 Å². The Morgan fingerprint density at radius 1 is 1.18 bits per heavy atom. The van der Waals surface area contributed by atoms with Crippen LogP contribution in [0.25, 0.3) is 33.4 Å². The molecule has 1 fully saturated rings. The summed E-state index contributed by atoms with van der Waals surface area (Å²) in [5, 5.41) is 15.4. The van der Waals surface area contributed by atoms with Gasteiger partial charge in [0.1, 0.15) is 28.6 Å². The number of hydrogen-bond donors (Lipinski definition) is 4. The van der Waals surface area contributed by atoms with Crippen LogP contribution in [-0.4, -0.2) is 37.6 Å². The molecule has 8 nitrogen and oxygen atoms in total. The van der Waals surface area contributed by atoms with E-state index in [1.807, 2.05) is 0 Å². The van der Waals surface area contributed by atoms with Gasteiger partial charge in [0, 0.05) is 30.1 Å². The third-order valence-corrected chi connectivity index (χ3v) is 5.51. The molecule has 1 saturated carbocycles. The number of carbonyl (C=O) groups excluding carboxylic acids is 1. The number of H-pyrrole nitrogens is 1. The molecule has 3 heterocycles. The predicted octanol–water partition coefficient (Wildman–Crippen LogP) is 4.09. The van der Waals surface area contributed by atoms with Crippen molar-refractivity contribution in [1.82, 2.24) is 25.3 Å². The molecule has 0 spiro atoms. The van der Waals surface area contributed by atoms with Crippen LogP contribution >= 0.6 is 0 Å². The molecule has 1 aliphatic carbocycles. The van der Waals surface area contributed by atoms with E-state index in [0.29, 0.717) is 47.1 Å². The van der Waals surface area contributed by atoms with Crippen molar-refractivity contribution in [3.63, 3.8) is 0 Å². The lowest BCUT2D eigenvalue weighted by molar-refractivity contribution is 0.141. The van der Waals surface area contributed by atoms with Gasteiger partial charge >= 0.3 is 6.03 Å². The van der Waals surface area contributed by atoms with Gasteiger partial charge in [0.2, 0.25) is 5.95 Å². The van der Waals surface area contributed by atoms with Gasteiger partial charge in [-0.1, -0.05) is 0 Å². The van der Waals surface area contributed by atoms with Gasteiger partial charge in [0.15, 0.2) is 0 Å². The van der Waals surface area contributed by atoms with Crippen LogP contribution in [0.4, 0.5) is 19.5 Å². The van der Waals surface area contributed by atoms with Crippen molar-refractivity contribution in [2.45, 2.75) is 25.4 Å². The lowest BCUT2D eigenvalue weighted by Gasteiger charge is -2.11. The lowest BCUT2D eigenvalue weighted by atomic mass is 10.00. The largest absolute Gasteiger partial charge is 0.383 e. The Bertz CT molecular complexity index is 1380. The van der Waals surface area contributed by atoms with Crippen molar-refractivity contribution < 1.29 is 18.7 Å². The minimum atomic E-state index is -1.20. The van der Waals surface area contributed by atoms with Crippen LogP contribution in [0.15, 0.2) is 42.7 Å². The molecule has 3 aromatic heterocycles. The van der Waals surface area contributed by atoms with Crippen molar-refractivity contribution in [3.05, 3.63) is 60.1 Å². The molecule has 0 bridgehead atoms. The monoisotopic (exact) mass is 450 g/mol. The SMILES string of the molecule is CCNC(=O)Nc1nc2cc(-c3cnc(C4(O)CC4)c(F)c3)cc(-c3ncccc3F)c2[nH]1. The predicted molar refractivity (Wildman–Crippen MR) is 118 cm³/mol. The normalized spacial score (nSPS) is 14.3. The van der Waals surface area contributed by atoms with Gasteiger partial charge in [-0.25, -0.2) is 18.6 Å². The summed E-state index contributed by atoms with van der Waals surface area (Å²) in [5.41, 5.74) is 1.14. The third-order valence-electron chi connectivity index (χ3n) is 5.51. The molecule has 5 rings (SSSR count). The Labute approximate surface area is 187 Å². The average molecular weight is 450 g/mol. The number of aromatic amines is 1. The zero-order valence-electron chi connectivity index (χ0n) is 17.6. The number of fused-ring (bicyclic) bond motifs is 1. The summed E-state index contributed by atoms with van der Waals surface area (Å²) in [5.74, 6) is -0.987. The summed E-state index contributed by atoms with van der Waals surface area (Å²) < 4.78 is 29.4. The maximum absolute atomic E-state index is 14.7. The molecule has 1 aliphatic rings. The smallest absolute Gasteiger partial charge is 0.321 e. The highest BCUT2D eigenvalue weighted by molar-refractivity contribution is 5.98. The highest BCUT2D eigenvalue weighted by atomic mass is 19.1. The van der Waals surface area contributed by atoms with Crippen LogP contribution in [0, 0.1) is 11.6 Å². The van der Waals surface area contributed by atoms with E-state index in [1.165, 1.54) is 30.6 Å². The molecule has 4 N–H and O–H groups in total. The van der Waals surface area contributed by atoms with Crippen molar-refractivity contribution in [3.8, 4) is 22.4 Å². The summed E-state index contributed by atoms with van der Waals surface area (Å²) in [6.45, 7) is 2.22. The van der Waals surface area contributed by atoms with Crippen molar-refractivity contribution in [2.75, 3.05) is 11.9 Å². The third kappa shape index (κ3) is 3.89. The fourth-order valence-electron chi connectivity index (χ4n) is 3.72. The van der Waals surface area contributed by atoms with E-state index in [2.05, 4.69) is 30.6 Å². The van der Waals surface area contributed by atoms with Crippen molar-refractivity contribution in [2.24, 2.45) is 0 Å². The quantitative estimate of drug-likeness (QED) is 0.366. The molecule has 2 amide bonds. The molecule has 168 valence electrons. The number of benzene rings is 1. The number of nitrogens with one attached hydrogen (secondary N) is 3. The van der Waals surface area contributed by atoms with Crippen molar-refractivity contribution in [1.29, 1.82) is 0 Å². The number of carbonyl (C=O) groups is 1. The Balaban J connectivity index is 1.65. The van der Waals surface area contributed by atoms with Gasteiger partial charge in [0.25, 0.3) is 0 Å². The van der Waals surface area contributed by atoms with Gasteiger partial charge in [-0.3, -0.25) is 15.3 Å². The number of amides is 2. The molecule has 33 heavy (non-hydrogen) atoms. The Morgan fingerprint density at radius 2 is 2.00 bits per heavy atom. The molecule has 0 atom stereocenters. The highest BCUT2D eigenvalue weighted by Gasteiger charge is 2.45. The molecular formula is C23H20F2N6O2. The first-order chi connectivity index (χ1) is 15.9. The standard InChI is InChI=1S/C23H20F2N6O2/c1-2-26-22(32)31-21-29-17-10-12(13-9-16(25)20(28-11-13)23(33)5-6-23)8-14(19(17)30-21)18-15(24)4-3-7-27-18/h3-4,7-11,33H,2,5-6H2,1H3,(H3,26,29,30,31,32). The summed E-state index contributed by atoms with van der Waals surface area (Å²) in [7, 11) is 0. The maximum Gasteiger partial charge on any atom is 0.321 e. The minimum absolute atomic E-state index is 0.0246. The van der Waals surface area contributed by atoms with Crippen LogP contribution in [0.1, 0.15) is 25.5 Å². The fourth-order valence-corrected chi connectivity index (χ4v) is 3.72. The second-order valence-electron chi connectivity index (χ2n) is 7.91. The Hall–Kier alpha value is -3.92. The van der Waals surface area contributed by atoms with E-state index in [1.54, 1.807) is 19.1 Å². The van der Waals surface area contributed by atoms with Gasteiger partial charge in [0.05, 0.1) is 11.0 Å². The number of nitrogens with zero attached hydrogens (tertiary/aromatic N) is 3.